The molecule has 1 N–H and O–H groups in total. The van der Waals surface area contributed by atoms with Crippen LogP contribution in [-0.4, -0.2) is 30.1 Å². The number of amides is 1. The molecular weight excluding hydrogens is 318 g/mol. The number of methoxy groups -OCH3 is 2. The van der Waals surface area contributed by atoms with Gasteiger partial charge in [-0.05, 0) is 28.1 Å². The number of carbonyl (C=O) groups excluding carboxylic acids is 1. The minimum Gasteiger partial charge on any atom is -0.481 e. The van der Waals surface area contributed by atoms with Crippen LogP contribution < -0.4 is 14.8 Å². The normalized spacial score (nSPS) is 10.1. The van der Waals surface area contributed by atoms with Gasteiger partial charge in [-0.3, -0.25) is 10.1 Å². The molecule has 8 heteroatoms. The fourth-order valence-corrected chi connectivity index (χ4v) is 1.57. The third kappa shape index (κ3) is 3.22. The molecule has 0 spiro atoms. The van der Waals surface area contributed by atoms with Gasteiger partial charge in [0.25, 0.3) is 5.91 Å². The van der Waals surface area contributed by atoms with Crippen molar-refractivity contribution in [1.82, 2.24) is 9.97 Å². The summed E-state index contributed by atoms with van der Waals surface area (Å²) in [6.07, 6.45) is 0. The molecule has 0 atom stereocenters. The van der Waals surface area contributed by atoms with Gasteiger partial charge in [0.1, 0.15) is 0 Å². The third-order valence-electron chi connectivity index (χ3n) is 2.12. The fraction of sp³-hybridized carbons (Fsp3) is 0.182. The molecular formula is C11H10BrN3O4. The molecule has 0 fully saturated rings. The number of nitrogens with zero attached hydrogens (tertiary/aromatic N) is 2. The van der Waals surface area contributed by atoms with Crippen molar-refractivity contribution in [2.75, 3.05) is 19.5 Å². The van der Waals surface area contributed by atoms with Crippen LogP contribution in [0.1, 0.15) is 10.6 Å². The summed E-state index contributed by atoms with van der Waals surface area (Å²) in [4.78, 5) is 19.8. The van der Waals surface area contributed by atoms with E-state index < -0.39 is 5.91 Å². The van der Waals surface area contributed by atoms with E-state index in [0.29, 0.717) is 4.67 Å². The molecule has 0 saturated carbocycles. The van der Waals surface area contributed by atoms with Gasteiger partial charge in [0.2, 0.25) is 17.7 Å². The van der Waals surface area contributed by atoms with Gasteiger partial charge in [-0.25, -0.2) is 0 Å². The van der Waals surface area contributed by atoms with E-state index in [2.05, 4.69) is 31.2 Å². The Morgan fingerprint density at radius 3 is 2.37 bits per heavy atom. The van der Waals surface area contributed by atoms with Gasteiger partial charge in [-0.15, -0.1) is 0 Å². The molecule has 19 heavy (non-hydrogen) atoms. The molecule has 0 bridgehead atoms. The highest BCUT2D eigenvalue weighted by Gasteiger charge is 2.13. The number of rotatable bonds is 4. The third-order valence-corrected chi connectivity index (χ3v) is 2.55. The molecule has 0 aromatic carbocycles. The molecule has 100 valence electrons. The zero-order valence-corrected chi connectivity index (χ0v) is 11.7. The van der Waals surface area contributed by atoms with Crippen LogP contribution >= 0.6 is 15.9 Å². The van der Waals surface area contributed by atoms with Crippen molar-refractivity contribution in [3.8, 4) is 11.8 Å². The lowest BCUT2D eigenvalue weighted by molar-refractivity contribution is 0.0994. The van der Waals surface area contributed by atoms with Gasteiger partial charge >= 0.3 is 0 Å². The van der Waals surface area contributed by atoms with E-state index in [-0.39, 0.29) is 23.5 Å². The van der Waals surface area contributed by atoms with Crippen molar-refractivity contribution in [2.45, 2.75) is 0 Å². The van der Waals surface area contributed by atoms with E-state index in [9.17, 15) is 4.79 Å². The first kappa shape index (κ1) is 13.3. The van der Waals surface area contributed by atoms with Gasteiger partial charge in [0.15, 0.2) is 10.4 Å². The minimum absolute atomic E-state index is 0.0636. The topological polar surface area (TPSA) is 86.5 Å². The molecule has 2 aromatic rings. The Hall–Kier alpha value is -2.09. The van der Waals surface area contributed by atoms with Gasteiger partial charge in [-0.2, -0.15) is 9.97 Å². The Balaban J connectivity index is 2.20. The summed E-state index contributed by atoms with van der Waals surface area (Å²) in [5.74, 6) is 0.289. The zero-order valence-electron chi connectivity index (χ0n) is 10.1. The molecule has 2 heterocycles. The second-order valence-electron chi connectivity index (χ2n) is 3.33. The maximum Gasteiger partial charge on any atom is 0.293 e. The van der Waals surface area contributed by atoms with Gasteiger partial charge in [0.05, 0.1) is 20.3 Å². The molecule has 1 amide bonds. The maximum atomic E-state index is 11.8. The lowest BCUT2D eigenvalue weighted by atomic mass is 10.4. The van der Waals surface area contributed by atoms with Crippen LogP contribution in [0.3, 0.4) is 0 Å². The molecule has 0 saturated heterocycles. The molecule has 0 aliphatic carbocycles. The number of anilines is 1. The van der Waals surface area contributed by atoms with Gasteiger partial charge in [0, 0.05) is 0 Å². The summed E-state index contributed by atoms with van der Waals surface area (Å²) < 4.78 is 15.5. The van der Waals surface area contributed by atoms with E-state index in [1.54, 1.807) is 6.07 Å². The van der Waals surface area contributed by atoms with Crippen LogP contribution in [-0.2, 0) is 0 Å². The van der Waals surface area contributed by atoms with Gasteiger partial charge in [-0.1, -0.05) is 0 Å². The van der Waals surface area contributed by atoms with Crippen molar-refractivity contribution in [3.63, 3.8) is 0 Å². The highest BCUT2D eigenvalue weighted by molar-refractivity contribution is 9.10. The average Bonchev–Trinajstić information content (AvgIpc) is 2.85. The second kappa shape index (κ2) is 5.70. The van der Waals surface area contributed by atoms with Crippen LogP contribution in [0.4, 0.5) is 5.95 Å². The quantitative estimate of drug-likeness (QED) is 0.925. The largest absolute Gasteiger partial charge is 0.481 e. The van der Waals surface area contributed by atoms with Crippen molar-refractivity contribution < 1.29 is 18.7 Å². The van der Waals surface area contributed by atoms with Gasteiger partial charge < -0.3 is 13.9 Å². The smallest absolute Gasteiger partial charge is 0.293 e. The van der Waals surface area contributed by atoms with Crippen LogP contribution in [0, 0.1) is 0 Å². The van der Waals surface area contributed by atoms with E-state index in [1.165, 1.54) is 26.4 Å². The van der Waals surface area contributed by atoms with Crippen molar-refractivity contribution >= 4 is 27.8 Å². The fourth-order valence-electron chi connectivity index (χ4n) is 1.27. The number of aromatic nitrogens is 2. The predicted molar refractivity (Wildman–Crippen MR) is 69.5 cm³/mol. The Kier molecular flexibility index (Phi) is 4.00. The first-order valence-corrected chi connectivity index (χ1v) is 5.95. The zero-order chi connectivity index (χ0) is 13.8. The summed E-state index contributed by atoms with van der Waals surface area (Å²) in [5, 5.41) is 2.49. The van der Waals surface area contributed by atoms with Crippen molar-refractivity contribution in [2.24, 2.45) is 0 Å². The highest BCUT2D eigenvalue weighted by Crippen LogP contribution is 2.19. The number of nitrogens with one attached hydrogen (secondary N) is 1. The molecule has 2 aromatic heterocycles. The minimum atomic E-state index is -0.471. The van der Waals surface area contributed by atoms with E-state index in [1.807, 2.05) is 0 Å². The average molecular weight is 328 g/mol. The summed E-state index contributed by atoms with van der Waals surface area (Å²) in [7, 11) is 2.91. The van der Waals surface area contributed by atoms with Crippen molar-refractivity contribution in [3.05, 3.63) is 28.6 Å². The standard InChI is InChI=1S/C11H10BrN3O4/c1-17-8-5-9(18-2)14-11(13-8)15-10(16)6-3-4-7(12)19-6/h3-5H,1-2H3,(H,13,14,15,16). The summed E-state index contributed by atoms with van der Waals surface area (Å²) in [6.45, 7) is 0. The van der Waals surface area contributed by atoms with E-state index in [4.69, 9.17) is 13.9 Å². The summed E-state index contributed by atoms with van der Waals surface area (Å²) >= 11 is 3.11. The number of carbonyl (C=O) groups is 1. The first-order chi connectivity index (χ1) is 9.12. The van der Waals surface area contributed by atoms with Crippen LogP contribution in [0.15, 0.2) is 27.3 Å². The van der Waals surface area contributed by atoms with Crippen molar-refractivity contribution in [1.29, 1.82) is 0 Å². The van der Waals surface area contributed by atoms with Crippen LogP contribution in [0.2, 0.25) is 0 Å². The predicted octanol–water partition coefficient (Wildman–Crippen LogP) is 2.10. The Morgan fingerprint density at radius 1 is 1.26 bits per heavy atom. The lowest BCUT2D eigenvalue weighted by Gasteiger charge is -2.06. The maximum absolute atomic E-state index is 11.8. The van der Waals surface area contributed by atoms with Crippen LogP contribution in [0.25, 0.3) is 0 Å². The molecule has 0 unspecified atom stereocenters. The Morgan fingerprint density at radius 2 is 1.89 bits per heavy atom. The van der Waals surface area contributed by atoms with E-state index in [0.717, 1.165) is 0 Å². The SMILES string of the molecule is COc1cc(OC)nc(NC(=O)c2ccc(Br)o2)n1. The highest BCUT2D eigenvalue weighted by atomic mass is 79.9. The molecule has 0 aliphatic rings. The monoisotopic (exact) mass is 327 g/mol. The number of hydrogen-bond donors (Lipinski definition) is 1. The number of halogens is 1. The Labute approximate surface area is 117 Å². The number of hydrogen-bond acceptors (Lipinski definition) is 6. The number of furan rings is 1. The second-order valence-corrected chi connectivity index (χ2v) is 4.12. The Bertz CT molecular complexity index is 577. The summed E-state index contributed by atoms with van der Waals surface area (Å²) in [5.41, 5.74) is 0. The summed E-state index contributed by atoms with van der Waals surface area (Å²) in [6, 6.07) is 4.64. The number of ether oxygens (including phenoxy) is 2. The molecule has 7 nitrogen and oxygen atoms in total. The van der Waals surface area contributed by atoms with Crippen LogP contribution in [0.5, 0.6) is 11.8 Å². The molecule has 0 aliphatic heterocycles. The first-order valence-electron chi connectivity index (χ1n) is 5.16. The molecule has 0 radical (unpaired) electrons. The molecule has 2 rings (SSSR count). The lowest BCUT2D eigenvalue weighted by Crippen LogP contribution is -2.14. The van der Waals surface area contributed by atoms with E-state index >= 15 is 0 Å².